The number of thioether (sulfide) groups is 1. The van der Waals surface area contributed by atoms with Gasteiger partial charge in [-0.05, 0) is 37.1 Å². The highest BCUT2D eigenvalue weighted by Crippen LogP contribution is 2.29. The summed E-state index contributed by atoms with van der Waals surface area (Å²) in [4.78, 5) is 8.90. The molecule has 0 aliphatic heterocycles. The molecule has 7 nitrogen and oxygen atoms in total. The molecule has 1 aliphatic carbocycles. The van der Waals surface area contributed by atoms with Crippen molar-refractivity contribution in [3.63, 3.8) is 0 Å². The van der Waals surface area contributed by atoms with E-state index >= 15 is 0 Å². The van der Waals surface area contributed by atoms with E-state index in [1.165, 1.54) is 28.7 Å². The molecule has 2 heterocycles. The highest BCUT2D eigenvalue weighted by atomic mass is 35.5. The lowest BCUT2D eigenvalue weighted by Crippen LogP contribution is -2.38. The summed E-state index contributed by atoms with van der Waals surface area (Å²) in [5.41, 5.74) is 0.683. The van der Waals surface area contributed by atoms with Crippen LogP contribution in [0.1, 0.15) is 37.9 Å². The van der Waals surface area contributed by atoms with Crippen molar-refractivity contribution in [3.8, 4) is 11.5 Å². The Hall–Kier alpha value is -1.94. The third-order valence-corrected chi connectivity index (χ3v) is 8.56. The van der Waals surface area contributed by atoms with E-state index < -0.39 is 10.0 Å². The molecule has 1 aromatic carbocycles. The average molecular weight is 479 g/mol. The Bertz CT molecular complexity index is 1130. The van der Waals surface area contributed by atoms with Gasteiger partial charge in [0.15, 0.2) is 5.82 Å². The van der Waals surface area contributed by atoms with Crippen LogP contribution in [0, 0.1) is 0 Å². The van der Waals surface area contributed by atoms with E-state index in [2.05, 4.69) is 15.1 Å². The molecule has 4 rings (SSSR count). The molecule has 1 fully saturated rings. The number of halogens is 1. The predicted molar refractivity (Wildman–Crippen MR) is 120 cm³/mol. The first-order valence-electron chi connectivity index (χ1n) is 10.1. The number of benzene rings is 1. The van der Waals surface area contributed by atoms with Gasteiger partial charge < -0.3 is 4.52 Å². The van der Waals surface area contributed by atoms with Gasteiger partial charge in [0.25, 0.3) is 5.89 Å². The molecule has 0 bridgehead atoms. The van der Waals surface area contributed by atoms with Gasteiger partial charge in [-0.2, -0.15) is 9.29 Å². The van der Waals surface area contributed by atoms with Crippen molar-refractivity contribution < 1.29 is 12.9 Å². The maximum atomic E-state index is 12.9. The third kappa shape index (κ3) is 5.11. The molecule has 31 heavy (non-hydrogen) atoms. The van der Waals surface area contributed by atoms with Gasteiger partial charge in [0.1, 0.15) is 4.90 Å². The minimum Gasteiger partial charge on any atom is -0.334 e. The van der Waals surface area contributed by atoms with Crippen LogP contribution < -0.4 is 0 Å². The van der Waals surface area contributed by atoms with Crippen LogP contribution in [0.25, 0.3) is 11.5 Å². The van der Waals surface area contributed by atoms with Gasteiger partial charge in [-0.1, -0.05) is 59.9 Å². The quantitative estimate of drug-likeness (QED) is 0.440. The zero-order valence-corrected chi connectivity index (χ0v) is 19.5. The molecule has 0 N–H and O–H groups in total. The number of aromatic nitrogens is 3. The number of nitrogens with zero attached hydrogens (tertiary/aromatic N) is 4. The predicted octanol–water partition coefficient (Wildman–Crippen LogP) is 5.03. The fourth-order valence-corrected chi connectivity index (χ4v) is 5.87. The molecule has 1 aliphatic rings. The van der Waals surface area contributed by atoms with E-state index in [4.69, 9.17) is 16.1 Å². The first kappa shape index (κ1) is 22.3. The average Bonchev–Trinajstić information content (AvgIpc) is 3.27. The minimum atomic E-state index is -3.54. The van der Waals surface area contributed by atoms with E-state index in [0.29, 0.717) is 33.1 Å². The summed E-state index contributed by atoms with van der Waals surface area (Å²) < 4.78 is 32.7. The van der Waals surface area contributed by atoms with Gasteiger partial charge in [0.05, 0.1) is 21.4 Å². The Morgan fingerprint density at radius 3 is 2.65 bits per heavy atom. The molecule has 0 saturated heterocycles. The van der Waals surface area contributed by atoms with Crippen molar-refractivity contribution in [3.05, 3.63) is 53.4 Å². The maximum Gasteiger partial charge on any atom is 0.259 e. The maximum absolute atomic E-state index is 12.9. The van der Waals surface area contributed by atoms with Gasteiger partial charge in [0.2, 0.25) is 10.0 Å². The van der Waals surface area contributed by atoms with Crippen LogP contribution in [0.4, 0.5) is 0 Å². The number of hydrogen-bond donors (Lipinski definition) is 0. The molecule has 164 valence electrons. The molecule has 0 atom stereocenters. The van der Waals surface area contributed by atoms with E-state index in [9.17, 15) is 8.42 Å². The van der Waals surface area contributed by atoms with E-state index in [1.807, 2.05) is 18.2 Å². The Morgan fingerprint density at radius 2 is 1.94 bits per heavy atom. The number of rotatable bonds is 7. The largest absolute Gasteiger partial charge is 0.334 e. The second-order valence-electron chi connectivity index (χ2n) is 7.43. The topological polar surface area (TPSA) is 89.2 Å². The van der Waals surface area contributed by atoms with Crippen molar-refractivity contribution in [1.82, 2.24) is 19.4 Å². The van der Waals surface area contributed by atoms with E-state index in [1.54, 1.807) is 25.2 Å². The summed E-state index contributed by atoms with van der Waals surface area (Å²) in [7, 11) is -1.88. The SMILES string of the molecule is CN(C1CCCCC1)S(=O)(=O)c1ccc(SCc2noc(-c3ccccc3Cl)n2)nc1. The Morgan fingerprint density at radius 1 is 1.16 bits per heavy atom. The van der Waals surface area contributed by atoms with Crippen LogP contribution in [0.5, 0.6) is 0 Å². The van der Waals surface area contributed by atoms with Crippen LogP contribution in [-0.2, 0) is 15.8 Å². The summed E-state index contributed by atoms with van der Waals surface area (Å²) in [6.07, 6.45) is 6.58. The molecular formula is C21H23ClN4O3S2. The fourth-order valence-electron chi connectivity index (χ4n) is 3.61. The van der Waals surface area contributed by atoms with Gasteiger partial charge >= 0.3 is 0 Å². The Labute approximate surface area is 191 Å². The summed E-state index contributed by atoms with van der Waals surface area (Å²) in [5, 5.41) is 5.21. The zero-order chi connectivity index (χ0) is 21.8. The summed E-state index contributed by atoms with van der Waals surface area (Å²) >= 11 is 7.57. The normalized spacial score (nSPS) is 15.5. The fraction of sp³-hybridized carbons (Fsp3) is 0.381. The molecule has 0 amide bonds. The molecule has 0 unspecified atom stereocenters. The molecule has 0 spiro atoms. The van der Waals surface area contributed by atoms with Crippen molar-refractivity contribution in [2.75, 3.05) is 7.05 Å². The second kappa shape index (κ2) is 9.68. The van der Waals surface area contributed by atoms with Crippen LogP contribution in [-0.4, -0.2) is 40.9 Å². The van der Waals surface area contributed by atoms with Gasteiger partial charge in [-0.3, -0.25) is 0 Å². The monoisotopic (exact) mass is 478 g/mol. The van der Waals surface area contributed by atoms with Crippen LogP contribution in [0.15, 0.2) is 57.0 Å². The lowest BCUT2D eigenvalue weighted by molar-refractivity contribution is 0.285. The molecular weight excluding hydrogens is 456 g/mol. The minimum absolute atomic E-state index is 0.0679. The van der Waals surface area contributed by atoms with Crippen molar-refractivity contribution in [2.24, 2.45) is 0 Å². The molecule has 1 saturated carbocycles. The molecule has 3 aromatic rings. The highest BCUT2D eigenvalue weighted by molar-refractivity contribution is 7.98. The zero-order valence-electron chi connectivity index (χ0n) is 17.1. The van der Waals surface area contributed by atoms with Crippen molar-refractivity contribution >= 4 is 33.4 Å². The molecule has 10 heteroatoms. The first-order chi connectivity index (χ1) is 14.9. The smallest absolute Gasteiger partial charge is 0.259 e. The Balaban J connectivity index is 1.39. The van der Waals surface area contributed by atoms with Crippen LogP contribution in [0.3, 0.4) is 0 Å². The van der Waals surface area contributed by atoms with E-state index in [0.717, 1.165) is 25.7 Å². The van der Waals surface area contributed by atoms with Crippen LogP contribution in [0.2, 0.25) is 5.02 Å². The number of hydrogen-bond acceptors (Lipinski definition) is 7. The second-order valence-corrected chi connectivity index (χ2v) is 10.8. The summed E-state index contributed by atoms with van der Waals surface area (Å²) in [6, 6.07) is 10.7. The van der Waals surface area contributed by atoms with Gasteiger partial charge in [0, 0.05) is 19.3 Å². The van der Waals surface area contributed by atoms with Gasteiger partial charge in [-0.25, -0.2) is 13.4 Å². The standard InChI is InChI=1S/C21H23ClN4O3S2/c1-26(15-7-3-2-4-8-15)31(27,28)16-11-12-20(23-13-16)30-14-19-24-21(29-25-19)17-9-5-6-10-18(17)22/h5-6,9-13,15H,2-4,7-8,14H2,1H3. The number of pyridine rings is 1. The lowest BCUT2D eigenvalue weighted by Gasteiger charge is -2.30. The summed E-state index contributed by atoms with van der Waals surface area (Å²) in [5.74, 6) is 1.31. The van der Waals surface area contributed by atoms with Crippen LogP contribution >= 0.6 is 23.4 Å². The Kier molecular flexibility index (Phi) is 6.95. The number of sulfonamides is 1. The van der Waals surface area contributed by atoms with Crippen molar-refractivity contribution in [1.29, 1.82) is 0 Å². The summed E-state index contributed by atoms with van der Waals surface area (Å²) in [6.45, 7) is 0. The molecule has 0 radical (unpaired) electrons. The first-order valence-corrected chi connectivity index (χ1v) is 12.9. The van der Waals surface area contributed by atoms with E-state index in [-0.39, 0.29) is 10.9 Å². The lowest BCUT2D eigenvalue weighted by atomic mass is 9.96. The van der Waals surface area contributed by atoms with Gasteiger partial charge in [-0.15, -0.1) is 0 Å². The third-order valence-electron chi connectivity index (χ3n) is 5.40. The van der Waals surface area contributed by atoms with Crippen molar-refractivity contribution in [2.45, 2.75) is 53.8 Å². The molecule has 2 aromatic heterocycles. The highest BCUT2D eigenvalue weighted by Gasteiger charge is 2.29.